The molecule has 1 amide bonds. The first-order valence-corrected chi connectivity index (χ1v) is 3.74. The molecule has 0 atom stereocenters. The monoisotopic (exact) mass is 173 g/mol. The molecule has 0 aromatic carbocycles. The minimum atomic E-state index is -0.441. The van der Waals surface area contributed by atoms with E-state index in [0.717, 1.165) is 0 Å². The first kappa shape index (κ1) is 11.4. The lowest BCUT2D eigenvalue weighted by Gasteiger charge is -2.19. The van der Waals surface area contributed by atoms with Gasteiger partial charge < -0.3 is 14.4 Å². The molecule has 0 unspecified atom stereocenters. The van der Waals surface area contributed by atoms with E-state index in [1.807, 2.05) is 0 Å². The molecule has 2 radical (unpaired) electrons. The van der Waals surface area contributed by atoms with E-state index in [0.29, 0.717) is 26.3 Å². The fraction of sp³-hybridized carbons (Fsp3) is 0.750. The van der Waals surface area contributed by atoms with E-state index < -0.39 is 5.91 Å². The molecule has 4 heteroatoms. The van der Waals surface area contributed by atoms with E-state index in [9.17, 15) is 4.79 Å². The molecule has 0 aromatic heterocycles. The molecule has 0 aliphatic heterocycles. The van der Waals surface area contributed by atoms with Crippen molar-refractivity contribution in [2.24, 2.45) is 0 Å². The Labute approximate surface area is 73.4 Å². The summed E-state index contributed by atoms with van der Waals surface area (Å²) in [4.78, 5) is 12.2. The molecule has 4 nitrogen and oxygen atoms in total. The van der Waals surface area contributed by atoms with Crippen LogP contribution in [0, 0.1) is 6.92 Å². The van der Waals surface area contributed by atoms with Gasteiger partial charge in [0, 0.05) is 27.3 Å². The molecular weight excluding hydrogens is 158 g/mol. The van der Waals surface area contributed by atoms with Gasteiger partial charge in [-0.15, -0.1) is 0 Å². The van der Waals surface area contributed by atoms with E-state index >= 15 is 0 Å². The van der Waals surface area contributed by atoms with E-state index in [2.05, 4.69) is 0 Å². The topological polar surface area (TPSA) is 38.8 Å². The van der Waals surface area contributed by atoms with Gasteiger partial charge in [0.1, 0.15) is 0 Å². The van der Waals surface area contributed by atoms with Gasteiger partial charge in [-0.1, -0.05) is 0 Å². The molecule has 0 saturated carbocycles. The Balaban J connectivity index is 3.62. The quantitative estimate of drug-likeness (QED) is 0.559. The summed E-state index contributed by atoms with van der Waals surface area (Å²) < 4.78 is 9.62. The molecule has 70 valence electrons. The van der Waals surface area contributed by atoms with Crippen LogP contribution >= 0.6 is 0 Å². The summed E-state index contributed by atoms with van der Waals surface area (Å²) >= 11 is 0. The van der Waals surface area contributed by atoms with Crippen LogP contribution in [0.4, 0.5) is 0 Å². The Morgan fingerprint density at radius 1 is 1.25 bits per heavy atom. The Morgan fingerprint density at radius 3 is 1.92 bits per heavy atom. The Hall–Kier alpha value is -0.610. The van der Waals surface area contributed by atoms with Crippen LogP contribution in [0.3, 0.4) is 0 Å². The van der Waals surface area contributed by atoms with Crippen LogP contribution in [-0.4, -0.2) is 51.3 Å². The number of nitrogens with zero attached hydrogens (tertiary/aromatic N) is 1. The second kappa shape index (κ2) is 7.06. The number of amides is 1. The smallest absolute Gasteiger partial charge is 0.227 e. The van der Waals surface area contributed by atoms with Crippen molar-refractivity contribution in [3.05, 3.63) is 6.92 Å². The van der Waals surface area contributed by atoms with Gasteiger partial charge in [-0.3, -0.25) is 4.79 Å². The number of methoxy groups -OCH3 is 2. The van der Waals surface area contributed by atoms with E-state index in [-0.39, 0.29) is 0 Å². The number of rotatable bonds is 6. The second-order valence-corrected chi connectivity index (χ2v) is 2.31. The van der Waals surface area contributed by atoms with Crippen molar-refractivity contribution in [3.8, 4) is 0 Å². The van der Waals surface area contributed by atoms with Crippen molar-refractivity contribution in [2.75, 3.05) is 40.5 Å². The Morgan fingerprint density at radius 2 is 1.67 bits per heavy atom. The molecule has 0 aromatic rings. The average molecular weight is 173 g/mol. The number of carbonyl (C=O) groups is 1. The summed E-state index contributed by atoms with van der Waals surface area (Å²) in [5.74, 6) is -0.441. The maximum absolute atomic E-state index is 10.7. The van der Waals surface area contributed by atoms with Gasteiger partial charge in [0.25, 0.3) is 0 Å². The van der Waals surface area contributed by atoms with Gasteiger partial charge in [0.05, 0.1) is 20.1 Å². The van der Waals surface area contributed by atoms with Crippen LogP contribution in [0.1, 0.15) is 0 Å². The van der Waals surface area contributed by atoms with E-state index in [4.69, 9.17) is 16.4 Å². The predicted molar refractivity (Wildman–Crippen MR) is 44.6 cm³/mol. The van der Waals surface area contributed by atoms with Gasteiger partial charge >= 0.3 is 0 Å². The summed E-state index contributed by atoms with van der Waals surface area (Å²) in [6.45, 7) is 7.10. The van der Waals surface area contributed by atoms with Crippen molar-refractivity contribution in [1.82, 2.24) is 4.90 Å². The lowest BCUT2D eigenvalue weighted by atomic mass is 10.4. The first-order valence-electron chi connectivity index (χ1n) is 3.74. The highest BCUT2D eigenvalue weighted by Crippen LogP contribution is 1.89. The fourth-order valence-electron chi connectivity index (χ4n) is 0.735. The minimum absolute atomic E-state index is 0.441. The molecule has 0 rings (SSSR count). The van der Waals surface area contributed by atoms with Gasteiger partial charge in [-0.25, -0.2) is 0 Å². The molecule has 0 aliphatic carbocycles. The number of ether oxygens (including phenoxy) is 2. The first-order chi connectivity index (χ1) is 5.72. The maximum Gasteiger partial charge on any atom is 0.227 e. The Kier molecular flexibility index (Phi) is 6.70. The Bertz CT molecular complexity index is 119. The molecule has 0 heterocycles. The van der Waals surface area contributed by atoms with E-state index in [1.165, 1.54) is 4.90 Å². The normalized spacial score (nSPS) is 9.92. The zero-order valence-electron chi connectivity index (χ0n) is 7.58. The predicted octanol–water partition coefficient (Wildman–Crippen LogP) is -0.181. The van der Waals surface area contributed by atoms with Crippen LogP contribution in [0.2, 0.25) is 0 Å². The highest BCUT2D eigenvalue weighted by atomic mass is 16.5. The van der Waals surface area contributed by atoms with Crippen molar-refractivity contribution < 1.29 is 14.3 Å². The lowest BCUT2D eigenvalue weighted by Crippen LogP contribution is -2.34. The largest absolute Gasteiger partial charge is 0.383 e. The third-order valence-electron chi connectivity index (χ3n) is 1.44. The second-order valence-electron chi connectivity index (χ2n) is 2.31. The number of hydrogen-bond donors (Lipinski definition) is 0. The fourth-order valence-corrected chi connectivity index (χ4v) is 0.735. The number of hydrogen-bond acceptors (Lipinski definition) is 3. The van der Waals surface area contributed by atoms with Gasteiger partial charge in [0.15, 0.2) is 0 Å². The third kappa shape index (κ3) is 5.09. The molecule has 0 fully saturated rings. The summed E-state index contributed by atoms with van der Waals surface area (Å²) in [7, 11) is 3.16. The zero-order valence-corrected chi connectivity index (χ0v) is 7.58. The molecule has 0 aliphatic rings. The molecule has 12 heavy (non-hydrogen) atoms. The summed E-state index contributed by atoms with van der Waals surface area (Å²) in [6.07, 6.45) is 0. The highest BCUT2D eigenvalue weighted by molar-refractivity contribution is 5.80. The van der Waals surface area contributed by atoms with Crippen molar-refractivity contribution in [1.29, 1.82) is 0 Å². The number of carbonyl (C=O) groups excluding carboxylic acids is 1. The average Bonchev–Trinajstić information content (AvgIpc) is 2.04. The van der Waals surface area contributed by atoms with E-state index in [1.54, 1.807) is 14.2 Å². The lowest BCUT2D eigenvalue weighted by molar-refractivity contribution is -0.127. The van der Waals surface area contributed by atoms with Gasteiger partial charge in [-0.2, -0.15) is 0 Å². The summed E-state index contributed by atoms with van der Waals surface area (Å²) in [5, 5.41) is 0. The minimum Gasteiger partial charge on any atom is -0.383 e. The molecule has 0 N–H and O–H groups in total. The van der Waals surface area contributed by atoms with Gasteiger partial charge in [0.2, 0.25) is 5.91 Å². The maximum atomic E-state index is 10.7. The third-order valence-corrected chi connectivity index (χ3v) is 1.44. The van der Waals surface area contributed by atoms with Crippen LogP contribution < -0.4 is 0 Å². The van der Waals surface area contributed by atoms with Crippen molar-refractivity contribution in [3.63, 3.8) is 0 Å². The molecule has 0 spiro atoms. The van der Waals surface area contributed by atoms with Crippen LogP contribution in [0.5, 0.6) is 0 Å². The SMILES string of the molecule is [CH]C(=O)N(CCOC)CCOC. The van der Waals surface area contributed by atoms with Crippen molar-refractivity contribution >= 4 is 5.91 Å². The van der Waals surface area contributed by atoms with Gasteiger partial charge in [-0.05, 0) is 0 Å². The summed E-state index contributed by atoms with van der Waals surface area (Å²) in [6, 6.07) is 0. The highest BCUT2D eigenvalue weighted by Gasteiger charge is 2.06. The zero-order chi connectivity index (χ0) is 9.40. The summed E-state index contributed by atoms with van der Waals surface area (Å²) in [5.41, 5.74) is 0. The van der Waals surface area contributed by atoms with Crippen molar-refractivity contribution in [2.45, 2.75) is 0 Å². The standard InChI is InChI=1S/C8H15NO3/c1-8(10)9(4-6-11-2)5-7-12-3/h1H,4-7H2,2-3H3. The molecule has 0 saturated heterocycles. The van der Waals surface area contributed by atoms with Crippen LogP contribution in [0.25, 0.3) is 0 Å². The molecular formula is C8H15NO3. The van der Waals surface area contributed by atoms with Crippen LogP contribution in [0.15, 0.2) is 0 Å². The van der Waals surface area contributed by atoms with Crippen LogP contribution in [-0.2, 0) is 14.3 Å². The molecule has 0 bridgehead atoms.